The van der Waals surface area contributed by atoms with Crippen molar-refractivity contribution < 1.29 is 13.9 Å². The summed E-state index contributed by atoms with van der Waals surface area (Å²) in [5.41, 5.74) is 0.230. The lowest BCUT2D eigenvalue weighted by atomic mass is 10.1. The molecule has 0 unspecified atom stereocenters. The number of benzene rings is 2. The quantitative estimate of drug-likeness (QED) is 0.703. The van der Waals surface area contributed by atoms with Crippen LogP contribution in [0.4, 0.5) is 4.39 Å². The molecule has 0 fully saturated rings. The number of carbonyl (C=O) groups is 1. The zero-order valence-corrected chi connectivity index (χ0v) is 8.16. The molecular formula is C12H9FO2. The van der Waals surface area contributed by atoms with Crippen LogP contribution in [-0.4, -0.2) is 13.4 Å². The Morgan fingerprint density at radius 2 is 1.93 bits per heavy atom. The fraction of sp³-hybridized carbons (Fsp3) is 0.0833. The van der Waals surface area contributed by atoms with E-state index < -0.39 is 5.82 Å². The number of aldehydes is 1. The summed E-state index contributed by atoms with van der Waals surface area (Å²) in [6.07, 6.45) is 0.592. The van der Waals surface area contributed by atoms with E-state index in [1.807, 2.05) is 0 Å². The summed E-state index contributed by atoms with van der Waals surface area (Å²) >= 11 is 0. The molecule has 2 rings (SSSR count). The first-order valence-corrected chi connectivity index (χ1v) is 4.48. The van der Waals surface area contributed by atoms with E-state index in [9.17, 15) is 9.18 Å². The van der Waals surface area contributed by atoms with Gasteiger partial charge >= 0.3 is 0 Å². The van der Waals surface area contributed by atoms with Crippen LogP contribution in [-0.2, 0) is 0 Å². The first-order chi connectivity index (χ1) is 7.27. The number of halogens is 1. The SMILES string of the molecule is COc1c(C=O)cc(F)c2ccccc12. The summed E-state index contributed by atoms with van der Waals surface area (Å²) in [4.78, 5) is 10.7. The number of ether oxygens (including phenoxy) is 1. The topological polar surface area (TPSA) is 26.3 Å². The fourth-order valence-corrected chi connectivity index (χ4v) is 1.64. The Bertz CT molecular complexity index is 520. The molecule has 0 saturated carbocycles. The Kier molecular flexibility index (Phi) is 2.37. The van der Waals surface area contributed by atoms with Crippen LogP contribution in [0, 0.1) is 5.82 Å². The van der Waals surface area contributed by atoms with Gasteiger partial charge in [-0.2, -0.15) is 0 Å². The van der Waals surface area contributed by atoms with E-state index in [0.29, 0.717) is 22.8 Å². The summed E-state index contributed by atoms with van der Waals surface area (Å²) in [6.45, 7) is 0. The van der Waals surface area contributed by atoms with Crippen LogP contribution in [0.1, 0.15) is 10.4 Å². The Balaban J connectivity index is 2.91. The van der Waals surface area contributed by atoms with Crippen molar-refractivity contribution in [1.82, 2.24) is 0 Å². The number of hydrogen-bond donors (Lipinski definition) is 0. The second kappa shape index (κ2) is 3.69. The second-order valence-corrected chi connectivity index (χ2v) is 3.14. The molecule has 0 N–H and O–H groups in total. The van der Waals surface area contributed by atoms with Crippen molar-refractivity contribution in [2.75, 3.05) is 7.11 Å². The van der Waals surface area contributed by atoms with Gasteiger partial charge in [0.05, 0.1) is 12.7 Å². The monoisotopic (exact) mass is 204 g/mol. The van der Waals surface area contributed by atoms with Crippen molar-refractivity contribution in [1.29, 1.82) is 0 Å². The minimum atomic E-state index is -0.409. The lowest BCUT2D eigenvalue weighted by Crippen LogP contribution is -1.94. The Hall–Kier alpha value is -1.90. The minimum Gasteiger partial charge on any atom is -0.495 e. The normalized spacial score (nSPS) is 10.3. The Morgan fingerprint density at radius 1 is 1.27 bits per heavy atom. The van der Waals surface area contributed by atoms with E-state index in [0.717, 1.165) is 0 Å². The van der Waals surface area contributed by atoms with Crippen LogP contribution in [0.3, 0.4) is 0 Å². The first kappa shape index (κ1) is 9.65. The highest BCUT2D eigenvalue weighted by Crippen LogP contribution is 2.30. The van der Waals surface area contributed by atoms with E-state index in [1.54, 1.807) is 24.3 Å². The lowest BCUT2D eigenvalue weighted by Gasteiger charge is -2.08. The van der Waals surface area contributed by atoms with Crippen molar-refractivity contribution in [2.24, 2.45) is 0 Å². The van der Waals surface area contributed by atoms with Crippen LogP contribution in [0.25, 0.3) is 10.8 Å². The van der Waals surface area contributed by atoms with Crippen molar-refractivity contribution in [3.05, 3.63) is 41.7 Å². The average molecular weight is 204 g/mol. The molecule has 0 atom stereocenters. The number of hydrogen-bond acceptors (Lipinski definition) is 2. The molecule has 15 heavy (non-hydrogen) atoms. The summed E-state index contributed by atoms with van der Waals surface area (Å²) in [5.74, 6) is 0.00972. The molecule has 2 aromatic carbocycles. The van der Waals surface area contributed by atoms with Crippen LogP contribution in [0.2, 0.25) is 0 Å². The maximum atomic E-state index is 13.5. The molecule has 0 bridgehead atoms. The van der Waals surface area contributed by atoms with Crippen LogP contribution >= 0.6 is 0 Å². The molecular weight excluding hydrogens is 195 g/mol. The molecule has 0 spiro atoms. The van der Waals surface area contributed by atoms with Gasteiger partial charge in [-0.05, 0) is 6.07 Å². The summed E-state index contributed by atoms with van der Waals surface area (Å²) in [5, 5.41) is 1.07. The fourth-order valence-electron chi connectivity index (χ4n) is 1.64. The van der Waals surface area contributed by atoms with E-state index in [4.69, 9.17) is 4.74 Å². The average Bonchev–Trinajstić information content (AvgIpc) is 2.29. The van der Waals surface area contributed by atoms with Crippen molar-refractivity contribution in [2.45, 2.75) is 0 Å². The van der Waals surface area contributed by atoms with Gasteiger partial charge in [0, 0.05) is 10.8 Å². The number of methoxy groups -OCH3 is 1. The third kappa shape index (κ3) is 1.46. The zero-order valence-electron chi connectivity index (χ0n) is 8.16. The molecule has 0 aromatic heterocycles. The lowest BCUT2D eigenvalue weighted by molar-refractivity contribution is 0.112. The molecule has 0 aliphatic carbocycles. The van der Waals surface area contributed by atoms with E-state index in [-0.39, 0.29) is 5.56 Å². The van der Waals surface area contributed by atoms with Gasteiger partial charge < -0.3 is 4.74 Å². The first-order valence-electron chi connectivity index (χ1n) is 4.48. The summed E-state index contributed by atoms with van der Waals surface area (Å²) in [6, 6.07) is 8.09. The Morgan fingerprint density at radius 3 is 2.53 bits per heavy atom. The van der Waals surface area contributed by atoms with Gasteiger partial charge in [0.25, 0.3) is 0 Å². The molecule has 0 amide bonds. The number of carbonyl (C=O) groups excluding carboxylic acids is 1. The van der Waals surface area contributed by atoms with Gasteiger partial charge in [-0.15, -0.1) is 0 Å². The maximum Gasteiger partial charge on any atom is 0.153 e. The standard InChI is InChI=1S/C12H9FO2/c1-15-12-8(7-14)6-11(13)9-4-2-3-5-10(9)12/h2-7H,1H3. The van der Waals surface area contributed by atoms with Gasteiger partial charge in [-0.3, -0.25) is 4.79 Å². The highest BCUT2D eigenvalue weighted by atomic mass is 19.1. The predicted octanol–water partition coefficient (Wildman–Crippen LogP) is 2.80. The van der Waals surface area contributed by atoms with E-state index in [1.165, 1.54) is 13.2 Å². The van der Waals surface area contributed by atoms with Crippen molar-refractivity contribution in [3.63, 3.8) is 0 Å². The van der Waals surface area contributed by atoms with Gasteiger partial charge in [-0.25, -0.2) is 4.39 Å². The second-order valence-electron chi connectivity index (χ2n) is 3.14. The van der Waals surface area contributed by atoms with Crippen molar-refractivity contribution >= 4 is 17.1 Å². The highest BCUT2D eigenvalue weighted by molar-refractivity contribution is 5.96. The third-order valence-corrected chi connectivity index (χ3v) is 2.30. The highest BCUT2D eigenvalue weighted by Gasteiger charge is 2.11. The van der Waals surface area contributed by atoms with Crippen molar-refractivity contribution in [3.8, 4) is 5.75 Å². The summed E-state index contributed by atoms with van der Waals surface area (Å²) in [7, 11) is 1.46. The molecule has 0 heterocycles. The third-order valence-electron chi connectivity index (χ3n) is 2.30. The predicted molar refractivity (Wildman–Crippen MR) is 55.8 cm³/mol. The van der Waals surface area contributed by atoms with E-state index in [2.05, 4.69) is 0 Å². The smallest absolute Gasteiger partial charge is 0.153 e. The summed E-state index contributed by atoms with van der Waals surface area (Å²) < 4.78 is 18.6. The molecule has 2 aromatic rings. The van der Waals surface area contributed by atoms with Crippen LogP contribution in [0.5, 0.6) is 5.75 Å². The molecule has 2 nitrogen and oxygen atoms in total. The minimum absolute atomic E-state index is 0.230. The molecule has 76 valence electrons. The largest absolute Gasteiger partial charge is 0.495 e. The molecule has 0 saturated heterocycles. The van der Waals surface area contributed by atoms with Crippen LogP contribution in [0.15, 0.2) is 30.3 Å². The number of rotatable bonds is 2. The number of fused-ring (bicyclic) bond motifs is 1. The van der Waals surface area contributed by atoms with Gasteiger partial charge in [0.1, 0.15) is 11.6 Å². The van der Waals surface area contributed by atoms with Crippen LogP contribution < -0.4 is 4.74 Å². The van der Waals surface area contributed by atoms with Gasteiger partial charge in [-0.1, -0.05) is 24.3 Å². The zero-order chi connectivity index (χ0) is 10.8. The van der Waals surface area contributed by atoms with E-state index >= 15 is 0 Å². The maximum absolute atomic E-state index is 13.5. The Labute approximate surface area is 86.3 Å². The molecule has 3 heteroatoms. The molecule has 0 radical (unpaired) electrons. The van der Waals surface area contributed by atoms with Gasteiger partial charge in [0.2, 0.25) is 0 Å². The molecule has 0 aliphatic rings. The van der Waals surface area contributed by atoms with Gasteiger partial charge in [0.15, 0.2) is 6.29 Å². The molecule has 0 aliphatic heterocycles.